The van der Waals surface area contributed by atoms with Crippen molar-refractivity contribution in [2.45, 2.75) is 19.4 Å². The molecule has 2 aliphatic rings. The number of methoxy groups -OCH3 is 1. The fourth-order valence-electron chi connectivity index (χ4n) is 6.36. The molecule has 2 amide bonds. The molecule has 0 radical (unpaired) electrons. The first-order valence-corrected chi connectivity index (χ1v) is 15.8. The van der Waals surface area contributed by atoms with Crippen LogP contribution in [0.4, 0.5) is 10.2 Å². The molecule has 0 bridgehead atoms. The van der Waals surface area contributed by atoms with Gasteiger partial charge in [0.2, 0.25) is 5.91 Å². The Morgan fingerprint density at radius 1 is 1.00 bits per heavy atom. The number of benzene rings is 1. The highest BCUT2D eigenvalue weighted by molar-refractivity contribution is 6.02. The van der Waals surface area contributed by atoms with Gasteiger partial charge in [-0.05, 0) is 42.3 Å². The Balaban J connectivity index is 1.18. The lowest BCUT2D eigenvalue weighted by atomic mass is 9.98. The summed E-state index contributed by atoms with van der Waals surface area (Å²) in [5.74, 6) is 0.485. The summed E-state index contributed by atoms with van der Waals surface area (Å²) in [5, 5.41) is 8.10. The Hall–Kier alpha value is -5.79. The van der Waals surface area contributed by atoms with Gasteiger partial charge in [-0.25, -0.2) is 9.37 Å². The summed E-state index contributed by atoms with van der Waals surface area (Å²) >= 11 is 0. The molecule has 0 unspecified atom stereocenters. The van der Waals surface area contributed by atoms with E-state index in [4.69, 9.17) is 4.74 Å². The number of aromatic amines is 1. The van der Waals surface area contributed by atoms with Gasteiger partial charge >= 0.3 is 0 Å². The number of ether oxygens (including phenoxy) is 1. The number of H-pyrrole nitrogens is 1. The van der Waals surface area contributed by atoms with E-state index in [-0.39, 0.29) is 47.1 Å². The van der Waals surface area contributed by atoms with E-state index in [0.717, 1.165) is 5.82 Å². The summed E-state index contributed by atoms with van der Waals surface area (Å²) in [5.41, 5.74) is 1.37. The van der Waals surface area contributed by atoms with Crippen LogP contribution in [-0.4, -0.2) is 97.5 Å². The van der Waals surface area contributed by atoms with Gasteiger partial charge in [0.15, 0.2) is 17.4 Å². The van der Waals surface area contributed by atoms with Crippen molar-refractivity contribution in [3.8, 4) is 11.4 Å². The molecule has 6 heterocycles. The van der Waals surface area contributed by atoms with Crippen molar-refractivity contribution in [3.63, 3.8) is 0 Å². The molecule has 4 aromatic heterocycles. The molecule has 0 saturated carbocycles. The number of hydrogen-bond donors (Lipinski definition) is 1. The topological polar surface area (TPSA) is 134 Å². The van der Waals surface area contributed by atoms with Crippen molar-refractivity contribution in [3.05, 3.63) is 101 Å². The molecule has 0 atom stereocenters. The van der Waals surface area contributed by atoms with Gasteiger partial charge in [0, 0.05) is 81.3 Å². The zero-order chi connectivity index (χ0) is 33.2. The minimum atomic E-state index is -0.549. The number of nitrogens with zero attached hydrogens (tertiary/aromatic N) is 8. The molecule has 1 N–H and O–H groups in total. The van der Waals surface area contributed by atoms with Gasteiger partial charge in [-0.2, -0.15) is 0 Å². The number of nitrogens with one attached hydrogen (secondary N) is 1. The Morgan fingerprint density at radius 3 is 2.62 bits per heavy atom. The molecule has 48 heavy (non-hydrogen) atoms. The number of carbonyl (C=O) groups excluding carboxylic acids is 2. The monoisotopic (exact) mass is 651 g/mol. The van der Waals surface area contributed by atoms with E-state index in [9.17, 15) is 14.4 Å². The van der Waals surface area contributed by atoms with Crippen LogP contribution in [0.1, 0.15) is 28.9 Å². The van der Waals surface area contributed by atoms with E-state index < -0.39 is 5.82 Å². The van der Waals surface area contributed by atoms with Crippen LogP contribution in [0.3, 0.4) is 0 Å². The van der Waals surface area contributed by atoms with Crippen molar-refractivity contribution in [1.82, 2.24) is 39.3 Å². The molecule has 13 nitrogen and oxygen atoms in total. The van der Waals surface area contributed by atoms with Gasteiger partial charge in [-0.3, -0.25) is 23.6 Å². The van der Waals surface area contributed by atoms with Gasteiger partial charge in [0.25, 0.3) is 11.5 Å². The average Bonchev–Trinajstić information content (AvgIpc) is 3.82. The lowest BCUT2D eigenvalue weighted by Gasteiger charge is -2.35. The fourth-order valence-corrected chi connectivity index (χ4v) is 6.36. The van der Waals surface area contributed by atoms with E-state index in [1.165, 1.54) is 10.6 Å². The predicted octanol–water partition coefficient (Wildman–Crippen LogP) is 3.12. The van der Waals surface area contributed by atoms with Crippen molar-refractivity contribution < 1.29 is 18.7 Å². The SMILES string of the molecule is COc1cccnc1N1CCN(C(=O)c2cc3c(-n4ccccc4=O)cc(C4=CCCN(C(=O)CCn5ccnn5)C4)c(F)c3[nH]2)CC1. The summed E-state index contributed by atoms with van der Waals surface area (Å²) in [6.07, 6.45) is 9.28. The first kappa shape index (κ1) is 30.8. The van der Waals surface area contributed by atoms with Crippen molar-refractivity contribution in [1.29, 1.82) is 0 Å². The van der Waals surface area contributed by atoms with Crippen LogP contribution >= 0.6 is 0 Å². The lowest BCUT2D eigenvalue weighted by Crippen LogP contribution is -2.49. The van der Waals surface area contributed by atoms with Crippen molar-refractivity contribution in [2.24, 2.45) is 0 Å². The molecular weight excluding hydrogens is 617 g/mol. The first-order chi connectivity index (χ1) is 23.4. The Morgan fingerprint density at radius 2 is 1.85 bits per heavy atom. The third kappa shape index (κ3) is 5.92. The third-order valence-corrected chi connectivity index (χ3v) is 8.86. The number of anilines is 1. The van der Waals surface area contributed by atoms with Crippen LogP contribution < -0.4 is 15.2 Å². The average molecular weight is 652 g/mol. The third-order valence-electron chi connectivity index (χ3n) is 8.86. The minimum Gasteiger partial charge on any atom is -0.493 e. The number of halogens is 1. The maximum Gasteiger partial charge on any atom is 0.270 e. The number of pyridine rings is 2. The van der Waals surface area contributed by atoms with Crippen LogP contribution in [0.2, 0.25) is 0 Å². The maximum absolute atomic E-state index is 16.5. The summed E-state index contributed by atoms with van der Waals surface area (Å²) < 4.78 is 25.0. The van der Waals surface area contributed by atoms with E-state index in [1.54, 1.807) is 70.6 Å². The molecule has 1 fully saturated rings. The Bertz CT molecular complexity index is 2060. The standard InChI is InChI=1S/C34H34FN9O4/c1-48-28-7-4-10-36-33(28)40-16-18-41(19-17-40)34(47)26-20-25-27(44-13-3-2-8-30(44)46)21-24(31(35)32(25)38-26)23-6-5-12-42(22-23)29(45)9-14-43-15-11-37-39-43/h2-4,6-8,10-11,13,15,20-21,38H,5,9,12,14,16-19,22H2,1H3. The largest absolute Gasteiger partial charge is 0.493 e. The number of fused-ring (bicyclic) bond motifs is 1. The van der Waals surface area contributed by atoms with Crippen molar-refractivity contribution in [2.75, 3.05) is 51.3 Å². The molecule has 0 aliphatic carbocycles. The smallest absolute Gasteiger partial charge is 0.270 e. The quantitative estimate of drug-likeness (QED) is 0.271. The van der Waals surface area contributed by atoms with Gasteiger partial charge < -0.3 is 24.4 Å². The van der Waals surface area contributed by atoms with Crippen LogP contribution in [0.5, 0.6) is 5.75 Å². The molecule has 246 valence electrons. The highest BCUT2D eigenvalue weighted by Crippen LogP contribution is 2.34. The summed E-state index contributed by atoms with van der Waals surface area (Å²) in [4.78, 5) is 52.9. The van der Waals surface area contributed by atoms with E-state index >= 15 is 4.39 Å². The van der Waals surface area contributed by atoms with E-state index in [1.807, 2.05) is 18.2 Å². The molecular formula is C34H34FN9O4. The molecule has 5 aromatic rings. The highest BCUT2D eigenvalue weighted by atomic mass is 19.1. The first-order valence-electron chi connectivity index (χ1n) is 15.8. The van der Waals surface area contributed by atoms with Gasteiger partial charge in [0.1, 0.15) is 5.69 Å². The number of carbonyl (C=O) groups is 2. The number of amides is 2. The predicted molar refractivity (Wildman–Crippen MR) is 177 cm³/mol. The molecule has 7 rings (SSSR count). The zero-order valence-corrected chi connectivity index (χ0v) is 26.4. The van der Waals surface area contributed by atoms with Crippen LogP contribution in [-0.2, 0) is 11.3 Å². The number of rotatable bonds is 8. The number of hydrogen-bond acceptors (Lipinski definition) is 8. The fraction of sp³-hybridized carbons (Fsp3) is 0.294. The normalized spacial score (nSPS) is 15.1. The highest BCUT2D eigenvalue weighted by Gasteiger charge is 2.28. The van der Waals surface area contributed by atoms with Crippen LogP contribution in [0.25, 0.3) is 22.2 Å². The van der Waals surface area contributed by atoms with Crippen LogP contribution in [0, 0.1) is 5.82 Å². The lowest BCUT2D eigenvalue weighted by molar-refractivity contribution is -0.131. The maximum atomic E-state index is 16.5. The molecule has 1 aromatic carbocycles. The number of aromatic nitrogens is 6. The minimum absolute atomic E-state index is 0.0774. The molecule has 14 heteroatoms. The second-order valence-corrected chi connectivity index (χ2v) is 11.7. The van der Waals surface area contributed by atoms with E-state index in [0.29, 0.717) is 68.1 Å². The summed E-state index contributed by atoms with van der Waals surface area (Å²) in [6.45, 7) is 3.06. The van der Waals surface area contributed by atoms with Crippen LogP contribution in [0.15, 0.2) is 78.1 Å². The molecule has 0 spiro atoms. The second-order valence-electron chi connectivity index (χ2n) is 11.7. The Kier molecular flexibility index (Phi) is 8.44. The summed E-state index contributed by atoms with van der Waals surface area (Å²) in [7, 11) is 1.60. The molecule has 2 aliphatic heterocycles. The number of aryl methyl sites for hydroxylation is 1. The second kappa shape index (κ2) is 13.1. The zero-order valence-electron chi connectivity index (χ0n) is 26.4. The summed E-state index contributed by atoms with van der Waals surface area (Å²) in [6, 6.07) is 11.7. The van der Waals surface area contributed by atoms with Gasteiger partial charge in [0.05, 0.1) is 31.1 Å². The van der Waals surface area contributed by atoms with Gasteiger partial charge in [-0.15, -0.1) is 5.10 Å². The van der Waals surface area contributed by atoms with Crippen molar-refractivity contribution >= 4 is 34.1 Å². The Labute approximate surface area is 274 Å². The number of piperazine rings is 1. The molecule has 1 saturated heterocycles. The van der Waals surface area contributed by atoms with E-state index in [2.05, 4.69) is 25.2 Å². The van der Waals surface area contributed by atoms with Gasteiger partial charge in [-0.1, -0.05) is 17.4 Å².